The molecule has 1 N–H and O–H groups in total. The molecule has 0 aromatic rings. The molecule has 4 heteroatoms. The van der Waals surface area contributed by atoms with E-state index in [1.54, 1.807) is 0 Å². The Morgan fingerprint density at radius 1 is 1.16 bits per heavy atom. The molecule has 0 radical (unpaired) electrons. The van der Waals surface area contributed by atoms with Gasteiger partial charge in [-0.05, 0) is 37.0 Å². The summed E-state index contributed by atoms with van der Waals surface area (Å²) in [6.45, 7) is 3.93. The van der Waals surface area contributed by atoms with Gasteiger partial charge in [-0.15, -0.1) is 0 Å². The molecule has 0 atom stereocenters. The first-order chi connectivity index (χ1) is 9.01. The van der Waals surface area contributed by atoms with Crippen molar-refractivity contribution >= 4 is 11.9 Å². The minimum Gasteiger partial charge on any atom is -0.481 e. The summed E-state index contributed by atoms with van der Waals surface area (Å²) in [7, 11) is 0. The SMILES string of the molecule is CC1CCN(C(=O)CC2(CC(=O)O)CCCC2)CC1. The minimum atomic E-state index is -0.762. The van der Waals surface area contributed by atoms with Crippen LogP contribution in [0.15, 0.2) is 0 Å². The molecule has 19 heavy (non-hydrogen) atoms. The zero-order chi connectivity index (χ0) is 13.9. The van der Waals surface area contributed by atoms with Gasteiger partial charge in [-0.1, -0.05) is 19.8 Å². The number of nitrogens with zero attached hydrogens (tertiary/aromatic N) is 1. The lowest BCUT2D eigenvalue weighted by molar-refractivity contribution is -0.141. The molecule has 2 aliphatic rings. The zero-order valence-corrected chi connectivity index (χ0v) is 11.9. The molecule has 4 nitrogen and oxygen atoms in total. The van der Waals surface area contributed by atoms with Crippen LogP contribution in [0.4, 0.5) is 0 Å². The molecule has 1 saturated carbocycles. The van der Waals surface area contributed by atoms with E-state index in [4.69, 9.17) is 5.11 Å². The number of amides is 1. The molecule has 0 unspecified atom stereocenters. The molecule has 0 aromatic carbocycles. The summed E-state index contributed by atoms with van der Waals surface area (Å²) in [6.07, 6.45) is 6.69. The molecule has 1 saturated heterocycles. The fraction of sp³-hybridized carbons (Fsp3) is 0.867. The second kappa shape index (κ2) is 5.93. The third kappa shape index (κ3) is 3.71. The molecule has 0 spiro atoms. The predicted octanol–water partition coefficient (Wildman–Crippen LogP) is 2.67. The zero-order valence-electron chi connectivity index (χ0n) is 11.9. The van der Waals surface area contributed by atoms with Crippen molar-refractivity contribution in [3.8, 4) is 0 Å². The van der Waals surface area contributed by atoms with Gasteiger partial charge < -0.3 is 10.0 Å². The molecule has 1 aliphatic heterocycles. The van der Waals surface area contributed by atoms with Gasteiger partial charge in [0.15, 0.2) is 0 Å². The summed E-state index contributed by atoms with van der Waals surface area (Å²) in [5, 5.41) is 9.07. The fourth-order valence-electron chi connectivity index (χ4n) is 3.55. The van der Waals surface area contributed by atoms with Gasteiger partial charge in [0.1, 0.15) is 0 Å². The number of hydrogen-bond donors (Lipinski definition) is 1. The highest BCUT2D eigenvalue weighted by atomic mass is 16.4. The molecule has 0 bridgehead atoms. The third-order valence-electron chi connectivity index (χ3n) is 4.85. The molecule has 1 amide bonds. The van der Waals surface area contributed by atoms with Crippen molar-refractivity contribution in [2.24, 2.45) is 11.3 Å². The Balaban J connectivity index is 1.93. The second-order valence-corrected chi connectivity index (χ2v) is 6.52. The Morgan fingerprint density at radius 3 is 2.26 bits per heavy atom. The topological polar surface area (TPSA) is 57.6 Å². The van der Waals surface area contributed by atoms with Crippen molar-refractivity contribution < 1.29 is 14.7 Å². The van der Waals surface area contributed by atoms with Gasteiger partial charge in [0.25, 0.3) is 0 Å². The maximum Gasteiger partial charge on any atom is 0.303 e. The van der Waals surface area contributed by atoms with Gasteiger partial charge in [0.2, 0.25) is 5.91 Å². The largest absolute Gasteiger partial charge is 0.481 e. The fourth-order valence-corrected chi connectivity index (χ4v) is 3.55. The van der Waals surface area contributed by atoms with Crippen molar-refractivity contribution in [3.63, 3.8) is 0 Å². The van der Waals surface area contributed by atoms with Crippen molar-refractivity contribution in [2.75, 3.05) is 13.1 Å². The van der Waals surface area contributed by atoms with E-state index in [1.165, 1.54) is 0 Å². The van der Waals surface area contributed by atoms with Gasteiger partial charge in [0, 0.05) is 19.5 Å². The molecular formula is C15H25NO3. The molecule has 1 aliphatic carbocycles. The number of carbonyl (C=O) groups excluding carboxylic acids is 1. The van der Waals surface area contributed by atoms with Gasteiger partial charge in [-0.2, -0.15) is 0 Å². The van der Waals surface area contributed by atoms with Crippen LogP contribution in [0.5, 0.6) is 0 Å². The Morgan fingerprint density at radius 2 is 1.74 bits per heavy atom. The van der Waals surface area contributed by atoms with E-state index in [0.717, 1.165) is 51.6 Å². The van der Waals surface area contributed by atoms with Gasteiger partial charge in [-0.25, -0.2) is 0 Å². The Labute approximate surface area is 115 Å². The van der Waals surface area contributed by atoms with Gasteiger partial charge in [-0.3, -0.25) is 9.59 Å². The number of carboxylic acids is 1. The smallest absolute Gasteiger partial charge is 0.303 e. The summed E-state index contributed by atoms with van der Waals surface area (Å²) < 4.78 is 0. The average Bonchev–Trinajstić information content (AvgIpc) is 2.77. The van der Waals surface area contributed by atoms with Crippen LogP contribution in [0.1, 0.15) is 58.3 Å². The third-order valence-corrected chi connectivity index (χ3v) is 4.85. The first-order valence-corrected chi connectivity index (χ1v) is 7.50. The molecular weight excluding hydrogens is 242 g/mol. The highest BCUT2D eigenvalue weighted by Gasteiger charge is 2.39. The Kier molecular flexibility index (Phi) is 4.48. The average molecular weight is 267 g/mol. The normalized spacial score (nSPS) is 23.5. The van der Waals surface area contributed by atoms with Crippen LogP contribution in [-0.2, 0) is 9.59 Å². The van der Waals surface area contributed by atoms with Crippen molar-refractivity contribution in [3.05, 3.63) is 0 Å². The van der Waals surface area contributed by atoms with Gasteiger partial charge in [0.05, 0.1) is 6.42 Å². The molecule has 0 aromatic heterocycles. The van der Waals surface area contributed by atoms with Crippen LogP contribution in [0.25, 0.3) is 0 Å². The monoisotopic (exact) mass is 267 g/mol. The van der Waals surface area contributed by atoms with E-state index < -0.39 is 5.97 Å². The van der Waals surface area contributed by atoms with E-state index in [1.807, 2.05) is 4.90 Å². The number of carbonyl (C=O) groups is 2. The lowest BCUT2D eigenvalue weighted by atomic mass is 9.79. The minimum absolute atomic E-state index is 0.156. The number of carboxylic acid groups (broad SMARTS) is 1. The Hall–Kier alpha value is -1.06. The lowest BCUT2D eigenvalue weighted by Gasteiger charge is -2.34. The number of rotatable bonds is 4. The second-order valence-electron chi connectivity index (χ2n) is 6.52. The van der Waals surface area contributed by atoms with Crippen LogP contribution < -0.4 is 0 Å². The number of hydrogen-bond acceptors (Lipinski definition) is 2. The van der Waals surface area contributed by atoms with E-state index in [2.05, 4.69) is 6.92 Å². The predicted molar refractivity (Wildman–Crippen MR) is 72.7 cm³/mol. The van der Waals surface area contributed by atoms with E-state index >= 15 is 0 Å². The van der Waals surface area contributed by atoms with Crippen molar-refractivity contribution in [1.29, 1.82) is 0 Å². The first-order valence-electron chi connectivity index (χ1n) is 7.50. The van der Waals surface area contributed by atoms with Gasteiger partial charge >= 0.3 is 5.97 Å². The summed E-state index contributed by atoms with van der Waals surface area (Å²) >= 11 is 0. The van der Waals surface area contributed by atoms with Crippen LogP contribution in [-0.4, -0.2) is 35.0 Å². The van der Waals surface area contributed by atoms with Crippen LogP contribution in [0.2, 0.25) is 0 Å². The van der Waals surface area contributed by atoms with E-state index in [0.29, 0.717) is 12.3 Å². The summed E-state index contributed by atoms with van der Waals surface area (Å²) in [4.78, 5) is 25.4. The van der Waals surface area contributed by atoms with Crippen LogP contribution >= 0.6 is 0 Å². The number of aliphatic carboxylic acids is 1. The summed E-state index contributed by atoms with van der Waals surface area (Å²) in [5.41, 5.74) is -0.258. The number of likely N-dealkylation sites (tertiary alicyclic amines) is 1. The molecule has 1 heterocycles. The lowest BCUT2D eigenvalue weighted by Crippen LogP contribution is -2.40. The first kappa shape index (κ1) is 14.4. The molecule has 2 rings (SSSR count). The van der Waals surface area contributed by atoms with Crippen LogP contribution in [0.3, 0.4) is 0 Å². The molecule has 2 fully saturated rings. The van der Waals surface area contributed by atoms with E-state index in [9.17, 15) is 9.59 Å². The standard InChI is InChI=1S/C15H25NO3/c1-12-4-8-16(9-5-12)13(17)10-15(11-14(18)19)6-2-3-7-15/h12H,2-11H2,1H3,(H,18,19). The highest BCUT2D eigenvalue weighted by molar-refractivity contribution is 5.78. The van der Waals surface area contributed by atoms with Crippen molar-refractivity contribution in [2.45, 2.75) is 58.3 Å². The maximum absolute atomic E-state index is 12.4. The molecule has 108 valence electrons. The number of piperidine rings is 1. The quantitative estimate of drug-likeness (QED) is 0.852. The Bertz CT molecular complexity index is 339. The maximum atomic E-state index is 12.4. The summed E-state index contributed by atoms with van der Waals surface area (Å²) in [5.74, 6) is 0.125. The summed E-state index contributed by atoms with van der Waals surface area (Å²) in [6, 6.07) is 0. The van der Waals surface area contributed by atoms with Crippen LogP contribution in [0, 0.1) is 11.3 Å². The van der Waals surface area contributed by atoms with Crippen molar-refractivity contribution in [1.82, 2.24) is 4.90 Å². The van der Waals surface area contributed by atoms with E-state index in [-0.39, 0.29) is 17.7 Å². The highest BCUT2D eigenvalue weighted by Crippen LogP contribution is 2.44.